The van der Waals surface area contributed by atoms with Gasteiger partial charge in [-0.2, -0.15) is 4.98 Å². The molecule has 4 nitrogen and oxygen atoms in total. The second-order valence-corrected chi connectivity index (χ2v) is 14.7. The standard InChI is InChI=1S/C48H27N3OS/c1-2-14-28(15-3-1)29-26-27-33(31-17-5-4-16-30(29)31)44-42-36-21-9-12-24-39(36)52-47(42)50-48(49-44)51-38-23-11-8-20-35(38)43-45(51)34-19-7-6-18-32(34)41-37-22-10-13-25-40(37)53-46(41)43/h1-27H. The molecule has 12 aromatic rings. The lowest BCUT2D eigenvalue weighted by molar-refractivity contribution is 0.651. The van der Waals surface area contributed by atoms with Crippen LogP contribution in [-0.2, 0) is 0 Å². The maximum atomic E-state index is 6.62. The van der Waals surface area contributed by atoms with Crippen molar-refractivity contribution in [3.05, 3.63) is 164 Å². The number of nitrogens with zero attached hydrogens (tertiary/aromatic N) is 3. The highest BCUT2D eigenvalue weighted by atomic mass is 32.1. The van der Waals surface area contributed by atoms with E-state index >= 15 is 0 Å². The van der Waals surface area contributed by atoms with Gasteiger partial charge in [0, 0.05) is 47.3 Å². The molecule has 12 rings (SSSR count). The van der Waals surface area contributed by atoms with E-state index in [0.717, 1.165) is 44.0 Å². The van der Waals surface area contributed by atoms with Crippen LogP contribution < -0.4 is 0 Å². The summed E-state index contributed by atoms with van der Waals surface area (Å²) in [5.74, 6) is 0.583. The maximum Gasteiger partial charge on any atom is 0.238 e. The van der Waals surface area contributed by atoms with Crippen LogP contribution in [0, 0.1) is 0 Å². The van der Waals surface area contributed by atoms with E-state index in [9.17, 15) is 0 Å². The number of benzene rings is 8. The van der Waals surface area contributed by atoms with Crippen LogP contribution in [0.3, 0.4) is 0 Å². The second kappa shape index (κ2) is 10.8. The van der Waals surface area contributed by atoms with Gasteiger partial charge in [-0.3, -0.25) is 4.57 Å². The van der Waals surface area contributed by atoms with Crippen LogP contribution in [-0.4, -0.2) is 14.5 Å². The SMILES string of the molecule is c1ccc(-c2ccc(-c3nc(-n4c5ccccc5c5c6sc7ccccc7c6c6ccccc6c54)nc4oc5ccccc5c34)c3ccccc23)cc1. The number of thiophene rings is 1. The van der Waals surface area contributed by atoms with E-state index in [-0.39, 0.29) is 0 Å². The van der Waals surface area contributed by atoms with Crippen molar-refractivity contribution in [3.63, 3.8) is 0 Å². The zero-order valence-corrected chi connectivity index (χ0v) is 29.1. The Morgan fingerprint density at radius 3 is 1.91 bits per heavy atom. The molecule has 0 unspecified atom stereocenters. The van der Waals surface area contributed by atoms with Gasteiger partial charge in [-0.15, -0.1) is 11.3 Å². The topological polar surface area (TPSA) is 43.9 Å². The zero-order chi connectivity index (χ0) is 34.6. The fourth-order valence-corrected chi connectivity index (χ4v) is 9.89. The molecule has 0 radical (unpaired) electrons. The van der Waals surface area contributed by atoms with Gasteiger partial charge in [0.25, 0.3) is 0 Å². The molecule has 0 aliphatic carbocycles. The van der Waals surface area contributed by atoms with Gasteiger partial charge in [-0.05, 0) is 45.5 Å². The normalized spacial score (nSPS) is 12.2. The molecular formula is C48H27N3OS. The lowest BCUT2D eigenvalue weighted by Crippen LogP contribution is -2.03. The smallest absolute Gasteiger partial charge is 0.238 e. The van der Waals surface area contributed by atoms with Crippen molar-refractivity contribution >= 4 is 96.9 Å². The summed E-state index contributed by atoms with van der Waals surface area (Å²) in [6.07, 6.45) is 0. The summed E-state index contributed by atoms with van der Waals surface area (Å²) < 4.78 is 11.5. The molecule has 0 aliphatic heterocycles. The predicted molar refractivity (Wildman–Crippen MR) is 222 cm³/mol. The average Bonchev–Trinajstić information content (AvgIpc) is 3.90. The summed E-state index contributed by atoms with van der Waals surface area (Å²) >= 11 is 1.86. The van der Waals surface area contributed by atoms with Crippen molar-refractivity contribution in [2.75, 3.05) is 0 Å². The molecule has 0 fully saturated rings. The monoisotopic (exact) mass is 693 g/mol. The highest BCUT2D eigenvalue weighted by Gasteiger charge is 2.25. The Hall–Kier alpha value is -6.82. The molecule has 0 saturated heterocycles. The molecule has 0 amide bonds. The van der Waals surface area contributed by atoms with E-state index in [2.05, 4.69) is 156 Å². The molecule has 246 valence electrons. The van der Waals surface area contributed by atoms with E-state index in [4.69, 9.17) is 14.4 Å². The molecule has 53 heavy (non-hydrogen) atoms. The number of hydrogen-bond acceptors (Lipinski definition) is 4. The van der Waals surface area contributed by atoms with Crippen LogP contribution in [0.4, 0.5) is 0 Å². The molecular weight excluding hydrogens is 667 g/mol. The van der Waals surface area contributed by atoms with E-state index < -0.39 is 0 Å². The fraction of sp³-hybridized carbons (Fsp3) is 0. The van der Waals surface area contributed by atoms with Crippen molar-refractivity contribution in [1.29, 1.82) is 0 Å². The van der Waals surface area contributed by atoms with E-state index in [0.29, 0.717) is 11.7 Å². The first-order chi connectivity index (χ1) is 26.3. The summed E-state index contributed by atoms with van der Waals surface area (Å²) in [6, 6.07) is 58.1. The molecule has 5 heteroatoms. The summed E-state index contributed by atoms with van der Waals surface area (Å²) in [5, 5.41) is 11.6. The Kier molecular flexibility index (Phi) is 5.90. The van der Waals surface area contributed by atoms with E-state index in [1.54, 1.807) is 0 Å². The lowest BCUT2D eigenvalue weighted by atomic mass is 9.93. The van der Waals surface area contributed by atoms with Crippen LogP contribution >= 0.6 is 11.3 Å². The van der Waals surface area contributed by atoms with Gasteiger partial charge in [0.05, 0.1) is 22.1 Å². The molecule has 0 bridgehead atoms. The quantitative estimate of drug-likeness (QED) is 0.185. The van der Waals surface area contributed by atoms with Crippen molar-refractivity contribution in [3.8, 4) is 28.3 Å². The molecule has 0 atom stereocenters. The van der Waals surface area contributed by atoms with E-state index in [1.807, 2.05) is 23.5 Å². The van der Waals surface area contributed by atoms with Crippen LogP contribution in [0.5, 0.6) is 0 Å². The second-order valence-electron chi connectivity index (χ2n) is 13.6. The van der Waals surface area contributed by atoms with Gasteiger partial charge in [-0.1, -0.05) is 146 Å². The van der Waals surface area contributed by atoms with Gasteiger partial charge < -0.3 is 4.42 Å². The minimum absolute atomic E-state index is 0.570. The predicted octanol–water partition coefficient (Wildman–Crippen LogP) is 13.5. The molecule has 4 aromatic heterocycles. The van der Waals surface area contributed by atoms with Crippen LogP contribution in [0.15, 0.2) is 168 Å². The molecule has 0 spiro atoms. The largest absolute Gasteiger partial charge is 0.437 e. The van der Waals surface area contributed by atoms with Crippen molar-refractivity contribution in [1.82, 2.24) is 14.5 Å². The zero-order valence-electron chi connectivity index (χ0n) is 28.2. The highest BCUT2D eigenvalue weighted by molar-refractivity contribution is 7.27. The first kappa shape index (κ1) is 28.8. The van der Waals surface area contributed by atoms with Gasteiger partial charge in [0.1, 0.15) is 5.58 Å². The van der Waals surface area contributed by atoms with Crippen molar-refractivity contribution in [2.45, 2.75) is 0 Å². The van der Waals surface area contributed by atoms with Crippen LogP contribution in [0.1, 0.15) is 0 Å². The Morgan fingerprint density at radius 2 is 1.08 bits per heavy atom. The molecule has 0 N–H and O–H groups in total. The van der Waals surface area contributed by atoms with Gasteiger partial charge in [0.2, 0.25) is 11.7 Å². The van der Waals surface area contributed by atoms with Crippen LogP contribution in [0.25, 0.3) is 114 Å². The molecule has 0 saturated carbocycles. The molecule has 0 aliphatic rings. The number of fused-ring (bicyclic) bond motifs is 14. The lowest BCUT2D eigenvalue weighted by Gasteiger charge is -2.14. The van der Waals surface area contributed by atoms with Crippen molar-refractivity contribution in [2.24, 2.45) is 0 Å². The third kappa shape index (κ3) is 4.00. The third-order valence-electron chi connectivity index (χ3n) is 10.8. The number of aromatic nitrogens is 3. The number of rotatable bonds is 3. The van der Waals surface area contributed by atoms with Gasteiger partial charge >= 0.3 is 0 Å². The minimum atomic E-state index is 0.570. The van der Waals surface area contributed by atoms with Gasteiger partial charge in [0.15, 0.2) is 0 Å². The Bertz CT molecular complexity index is 3460. The molecule has 8 aromatic carbocycles. The Morgan fingerprint density at radius 1 is 0.453 bits per heavy atom. The third-order valence-corrected chi connectivity index (χ3v) is 12.0. The fourth-order valence-electron chi connectivity index (χ4n) is 8.61. The minimum Gasteiger partial charge on any atom is -0.437 e. The maximum absolute atomic E-state index is 6.62. The highest BCUT2D eigenvalue weighted by Crippen LogP contribution is 2.48. The summed E-state index contributed by atoms with van der Waals surface area (Å²) in [5.41, 5.74) is 7.79. The first-order valence-electron chi connectivity index (χ1n) is 17.8. The summed E-state index contributed by atoms with van der Waals surface area (Å²) in [6.45, 7) is 0. The number of furan rings is 1. The van der Waals surface area contributed by atoms with Gasteiger partial charge in [-0.25, -0.2) is 4.98 Å². The summed E-state index contributed by atoms with van der Waals surface area (Å²) in [4.78, 5) is 10.9. The van der Waals surface area contributed by atoms with Crippen molar-refractivity contribution < 1.29 is 4.42 Å². The first-order valence-corrected chi connectivity index (χ1v) is 18.7. The number of para-hydroxylation sites is 2. The molecule has 4 heterocycles. The Balaban J connectivity index is 1.25. The van der Waals surface area contributed by atoms with Crippen LogP contribution in [0.2, 0.25) is 0 Å². The average molecular weight is 694 g/mol. The summed E-state index contributed by atoms with van der Waals surface area (Å²) in [7, 11) is 0. The number of hydrogen-bond donors (Lipinski definition) is 0. The van der Waals surface area contributed by atoms with E-state index in [1.165, 1.54) is 58.2 Å². The Labute approximate surface area is 306 Å².